The lowest BCUT2D eigenvalue weighted by atomic mass is 10.0. The van der Waals surface area contributed by atoms with Gasteiger partial charge in [0.25, 0.3) is 0 Å². The Kier molecular flexibility index (Phi) is 8.50. The fraction of sp³-hybridized carbons (Fsp3) is 0.0256. The minimum absolute atomic E-state index is 0.148. The third-order valence-electron chi connectivity index (χ3n) is 8.13. The lowest BCUT2D eigenvalue weighted by Crippen LogP contribution is -2.16. The number of phenolic OH excluding ortho intramolecular Hbond substituents is 2. The van der Waals surface area contributed by atoms with Crippen molar-refractivity contribution in [3.8, 4) is 34.4 Å². The summed E-state index contributed by atoms with van der Waals surface area (Å²) in [6, 6.07) is 38.1. The average molecular weight is 705 g/mol. The maximum absolute atomic E-state index is 12.6. The molecular formula is C39H28N8O6. The third-order valence-corrected chi connectivity index (χ3v) is 8.13. The number of phenols is 2. The topological polar surface area (TPSA) is 179 Å². The van der Waals surface area contributed by atoms with Gasteiger partial charge in [-0.1, -0.05) is 48.5 Å². The Bertz CT molecular complexity index is 2370. The Hall–Kier alpha value is -7.74. The quantitative estimate of drug-likeness (QED) is 0.125. The van der Waals surface area contributed by atoms with Crippen molar-refractivity contribution in [1.29, 1.82) is 0 Å². The number of carbonyl (C=O) groups is 2. The van der Waals surface area contributed by atoms with E-state index in [1.807, 2.05) is 72.8 Å². The number of nitrogens with one attached hydrogen (secondary N) is 2. The van der Waals surface area contributed by atoms with Crippen molar-refractivity contribution in [2.24, 2.45) is 0 Å². The van der Waals surface area contributed by atoms with Gasteiger partial charge in [-0.25, -0.2) is 9.59 Å². The number of anilines is 2. The maximum Gasteiger partial charge on any atom is 0.417 e. The fourth-order valence-corrected chi connectivity index (χ4v) is 5.56. The second-order valence-corrected chi connectivity index (χ2v) is 11.9. The Morgan fingerprint density at radius 2 is 0.868 bits per heavy atom. The van der Waals surface area contributed by atoms with Crippen LogP contribution >= 0.6 is 0 Å². The molecule has 53 heavy (non-hydrogen) atoms. The summed E-state index contributed by atoms with van der Waals surface area (Å²) in [5.41, 5.74) is 6.47. The normalized spacial score (nSPS) is 11.0. The molecule has 0 fully saturated rings. The SMILES string of the molecule is O=C(Nc1ccc(Cc2ccc(NC(=O)Oc3ccc(-n4nc5ccccc5n4)c(O)c3)cc2)cc1)Oc1ccc(-n2nc3ccccc3n2)c(O)c1. The summed E-state index contributed by atoms with van der Waals surface area (Å²) in [7, 11) is 0. The van der Waals surface area contributed by atoms with Crippen molar-refractivity contribution in [3.05, 3.63) is 145 Å². The van der Waals surface area contributed by atoms with Gasteiger partial charge in [-0.2, -0.15) is 0 Å². The van der Waals surface area contributed by atoms with Gasteiger partial charge >= 0.3 is 12.2 Å². The zero-order valence-electron chi connectivity index (χ0n) is 27.6. The standard InChI is InChI=1S/C39H28N8O6/c48-36-22-28(17-19-34(36)46-42-30-5-1-2-6-31(30)43-46)52-38(50)40-26-13-9-24(10-14-26)21-25-11-15-27(16-12-25)41-39(51)53-29-18-20-35(37(49)23-29)47-44-32-7-3-4-8-33(32)45-47/h1-20,22-23,48-49H,21H2,(H,40,50)(H,41,51). The van der Waals surface area contributed by atoms with E-state index in [0.717, 1.165) is 11.1 Å². The molecule has 6 aromatic carbocycles. The molecule has 2 aromatic heterocycles. The summed E-state index contributed by atoms with van der Waals surface area (Å²) in [6.07, 6.45) is -0.833. The molecule has 14 nitrogen and oxygen atoms in total. The van der Waals surface area contributed by atoms with Gasteiger partial charge in [0.1, 0.15) is 56.4 Å². The van der Waals surface area contributed by atoms with E-state index < -0.39 is 12.2 Å². The molecule has 0 atom stereocenters. The number of nitrogens with zero attached hydrogens (tertiary/aromatic N) is 6. The fourth-order valence-electron chi connectivity index (χ4n) is 5.56. The monoisotopic (exact) mass is 704 g/mol. The highest BCUT2D eigenvalue weighted by atomic mass is 16.6. The van der Waals surface area contributed by atoms with Crippen LogP contribution in [0.25, 0.3) is 33.4 Å². The summed E-state index contributed by atoms with van der Waals surface area (Å²) in [5, 5.41) is 43.9. The van der Waals surface area contributed by atoms with Gasteiger partial charge in [0.2, 0.25) is 0 Å². The van der Waals surface area contributed by atoms with Crippen LogP contribution in [-0.2, 0) is 6.42 Å². The molecule has 0 radical (unpaired) electrons. The molecule has 14 heteroatoms. The van der Waals surface area contributed by atoms with Crippen LogP contribution in [0.3, 0.4) is 0 Å². The van der Waals surface area contributed by atoms with E-state index in [9.17, 15) is 19.8 Å². The molecule has 0 spiro atoms. The molecule has 0 aliphatic carbocycles. The minimum Gasteiger partial charge on any atom is -0.505 e. The summed E-state index contributed by atoms with van der Waals surface area (Å²) < 4.78 is 10.7. The van der Waals surface area contributed by atoms with Crippen LogP contribution in [-0.4, -0.2) is 52.4 Å². The van der Waals surface area contributed by atoms with Crippen molar-refractivity contribution >= 4 is 45.6 Å². The van der Waals surface area contributed by atoms with Crippen LogP contribution < -0.4 is 20.1 Å². The van der Waals surface area contributed by atoms with E-state index in [-0.39, 0.29) is 23.0 Å². The number of aromatic hydroxyl groups is 2. The van der Waals surface area contributed by atoms with Crippen molar-refractivity contribution in [2.75, 3.05) is 10.6 Å². The van der Waals surface area contributed by atoms with Crippen LogP contribution in [0.1, 0.15) is 11.1 Å². The molecule has 0 saturated heterocycles. The highest BCUT2D eigenvalue weighted by Gasteiger charge is 2.14. The molecule has 2 amide bonds. The van der Waals surface area contributed by atoms with Crippen molar-refractivity contribution < 1.29 is 29.3 Å². The van der Waals surface area contributed by atoms with Crippen LogP contribution in [0, 0.1) is 0 Å². The number of benzene rings is 6. The van der Waals surface area contributed by atoms with Gasteiger partial charge in [0, 0.05) is 23.5 Å². The molecule has 8 rings (SSSR count). The predicted octanol–water partition coefficient (Wildman–Crippen LogP) is 7.38. The molecule has 0 unspecified atom stereocenters. The van der Waals surface area contributed by atoms with E-state index in [0.29, 0.717) is 51.2 Å². The largest absolute Gasteiger partial charge is 0.505 e. The Morgan fingerprint density at radius 1 is 0.509 bits per heavy atom. The molecule has 0 aliphatic rings. The molecule has 0 saturated carbocycles. The number of carbonyl (C=O) groups excluding carboxylic acids is 2. The summed E-state index contributed by atoms with van der Waals surface area (Å²) >= 11 is 0. The van der Waals surface area contributed by atoms with E-state index in [1.54, 1.807) is 48.5 Å². The second kappa shape index (κ2) is 13.9. The average Bonchev–Trinajstić information content (AvgIpc) is 3.78. The second-order valence-electron chi connectivity index (χ2n) is 11.9. The molecular weight excluding hydrogens is 676 g/mol. The third kappa shape index (κ3) is 7.27. The zero-order chi connectivity index (χ0) is 36.3. The Balaban J connectivity index is 0.817. The van der Waals surface area contributed by atoms with Crippen LogP contribution in [0.15, 0.2) is 133 Å². The number of hydrogen-bond donors (Lipinski definition) is 4. The number of ether oxygens (including phenoxy) is 2. The number of aromatic nitrogens is 6. The number of hydrogen-bond acceptors (Lipinski definition) is 10. The first kappa shape index (κ1) is 32.5. The van der Waals surface area contributed by atoms with Gasteiger partial charge < -0.3 is 19.7 Å². The van der Waals surface area contributed by atoms with E-state index in [4.69, 9.17) is 9.47 Å². The zero-order valence-corrected chi connectivity index (χ0v) is 27.6. The van der Waals surface area contributed by atoms with Gasteiger partial charge in [0.05, 0.1) is 0 Å². The number of rotatable bonds is 8. The predicted molar refractivity (Wildman–Crippen MR) is 196 cm³/mol. The van der Waals surface area contributed by atoms with Crippen molar-refractivity contribution in [3.63, 3.8) is 0 Å². The minimum atomic E-state index is -0.719. The van der Waals surface area contributed by atoms with E-state index in [1.165, 1.54) is 21.7 Å². The molecule has 260 valence electrons. The number of amides is 2. The lowest BCUT2D eigenvalue weighted by molar-refractivity contribution is 0.214. The highest BCUT2D eigenvalue weighted by Crippen LogP contribution is 2.29. The Labute approximate surface area is 300 Å². The summed E-state index contributed by atoms with van der Waals surface area (Å²) in [4.78, 5) is 27.8. The molecule has 4 N–H and O–H groups in total. The number of fused-ring (bicyclic) bond motifs is 2. The van der Waals surface area contributed by atoms with Gasteiger partial charge in [-0.05, 0) is 90.3 Å². The first-order valence-electron chi connectivity index (χ1n) is 16.3. The maximum atomic E-state index is 12.6. The molecule has 0 bridgehead atoms. The highest BCUT2D eigenvalue weighted by molar-refractivity contribution is 5.87. The van der Waals surface area contributed by atoms with Crippen molar-refractivity contribution in [2.45, 2.75) is 6.42 Å². The van der Waals surface area contributed by atoms with E-state index in [2.05, 4.69) is 31.0 Å². The van der Waals surface area contributed by atoms with Crippen LogP contribution in [0.2, 0.25) is 0 Å². The van der Waals surface area contributed by atoms with Gasteiger partial charge in [-0.3, -0.25) is 10.6 Å². The van der Waals surface area contributed by atoms with Crippen molar-refractivity contribution in [1.82, 2.24) is 30.0 Å². The smallest absolute Gasteiger partial charge is 0.417 e. The van der Waals surface area contributed by atoms with Gasteiger partial charge in [0.15, 0.2) is 0 Å². The van der Waals surface area contributed by atoms with Gasteiger partial charge in [-0.15, -0.1) is 30.0 Å². The van der Waals surface area contributed by atoms with Crippen LogP contribution in [0.4, 0.5) is 21.0 Å². The van der Waals surface area contributed by atoms with Crippen LogP contribution in [0.5, 0.6) is 23.0 Å². The Morgan fingerprint density at radius 3 is 1.21 bits per heavy atom. The molecule has 0 aliphatic heterocycles. The summed E-state index contributed by atoms with van der Waals surface area (Å²) in [5.74, 6) is -0.00107. The molecule has 2 heterocycles. The molecule has 8 aromatic rings. The summed E-state index contributed by atoms with van der Waals surface area (Å²) in [6.45, 7) is 0. The lowest BCUT2D eigenvalue weighted by Gasteiger charge is -2.10. The first-order valence-corrected chi connectivity index (χ1v) is 16.3. The van der Waals surface area contributed by atoms with E-state index >= 15 is 0 Å². The first-order chi connectivity index (χ1) is 25.8.